The number of pyridine rings is 1. The second kappa shape index (κ2) is 11.3. The molecule has 2 amide bonds. The summed E-state index contributed by atoms with van der Waals surface area (Å²) in [5.41, 5.74) is 9.08. The van der Waals surface area contributed by atoms with E-state index in [0.717, 1.165) is 27.6 Å². The summed E-state index contributed by atoms with van der Waals surface area (Å²) in [5.74, 6) is 0.520. The third-order valence-electron chi connectivity index (χ3n) is 5.55. The number of fused-ring (bicyclic) bond motifs is 1. The van der Waals surface area contributed by atoms with E-state index in [1.807, 2.05) is 50.2 Å². The van der Waals surface area contributed by atoms with Crippen LogP contribution >= 0.6 is 0 Å². The zero-order valence-corrected chi connectivity index (χ0v) is 21.4. The molecule has 2 aromatic carbocycles. The fourth-order valence-electron chi connectivity index (χ4n) is 3.74. The molecule has 9 nitrogen and oxygen atoms in total. The van der Waals surface area contributed by atoms with E-state index in [4.69, 9.17) is 10.5 Å². The number of likely N-dealkylation sites (N-methyl/N-ethyl adjacent to an activating group) is 2. The highest BCUT2D eigenvalue weighted by atomic mass is 32.2. The number of methoxy groups -OCH3 is 1. The number of carbonyl (C=O) groups is 2. The van der Waals surface area contributed by atoms with E-state index < -0.39 is 11.0 Å². The van der Waals surface area contributed by atoms with Crippen LogP contribution in [0.1, 0.15) is 16.7 Å². The summed E-state index contributed by atoms with van der Waals surface area (Å²) in [6.45, 7) is 3.83. The van der Waals surface area contributed by atoms with Crippen LogP contribution in [0.15, 0.2) is 47.4 Å². The summed E-state index contributed by atoms with van der Waals surface area (Å²) >= 11 is 0. The van der Waals surface area contributed by atoms with E-state index in [-0.39, 0.29) is 24.9 Å². The van der Waals surface area contributed by atoms with Crippen molar-refractivity contribution in [1.29, 1.82) is 0 Å². The van der Waals surface area contributed by atoms with Crippen molar-refractivity contribution >= 4 is 39.5 Å². The average molecular weight is 498 g/mol. The number of anilines is 1. The Morgan fingerprint density at radius 2 is 1.77 bits per heavy atom. The van der Waals surface area contributed by atoms with Crippen molar-refractivity contribution < 1.29 is 18.5 Å². The SMILES string of the molecule is COc1cc(C)c(S(=O)N(C)CC(=O)NCC(=O)N(C)Cc2ccc3nc(N)ccc3c2)c(C)c1. The molecule has 0 aliphatic rings. The molecule has 0 aliphatic carbocycles. The van der Waals surface area contributed by atoms with E-state index in [0.29, 0.717) is 23.0 Å². The second-order valence-electron chi connectivity index (χ2n) is 8.42. The molecule has 0 spiro atoms. The number of aryl methyl sites for hydroxylation is 2. The van der Waals surface area contributed by atoms with Crippen LogP contribution in [0.4, 0.5) is 5.82 Å². The van der Waals surface area contributed by atoms with Gasteiger partial charge in [-0.1, -0.05) is 6.07 Å². The lowest BCUT2D eigenvalue weighted by Crippen LogP contribution is -2.42. The molecule has 0 radical (unpaired) electrons. The average Bonchev–Trinajstić information content (AvgIpc) is 2.81. The van der Waals surface area contributed by atoms with Gasteiger partial charge in [0.25, 0.3) is 0 Å². The Hall–Kier alpha value is -3.50. The summed E-state index contributed by atoms with van der Waals surface area (Å²) in [4.78, 5) is 31.4. The molecular formula is C25H31N5O4S. The van der Waals surface area contributed by atoms with Gasteiger partial charge < -0.3 is 20.7 Å². The molecule has 0 fully saturated rings. The molecule has 3 rings (SSSR count). The quantitative estimate of drug-likeness (QED) is 0.468. The third kappa shape index (κ3) is 6.55. The highest BCUT2D eigenvalue weighted by Crippen LogP contribution is 2.25. The molecule has 186 valence electrons. The van der Waals surface area contributed by atoms with Gasteiger partial charge in [-0.2, -0.15) is 0 Å². The Kier molecular flexibility index (Phi) is 8.42. The van der Waals surface area contributed by atoms with Gasteiger partial charge >= 0.3 is 0 Å². The standard InChI is InChI=1S/C25H31N5O4S/c1-16-10-20(34-5)11-17(2)25(16)35(33)30(4)15-23(31)27-13-24(32)29(3)14-18-6-8-21-19(12-18)7-9-22(26)28-21/h6-12H,13-15H2,1-5H3,(H2,26,28)(H,27,31). The molecule has 0 aliphatic heterocycles. The fourth-order valence-corrected chi connectivity index (χ4v) is 4.95. The largest absolute Gasteiger partial charge is 0.497 e. The normalized spacial score (nSPS) is 11.9. The van der Waals surface area contributed by atoms with Gasteiger partial charge in [0.1, 0.15) is 22.6 Å². The molecule has 1 heterocycles. The van der Waals surface area contributed by atoms with Crippen LogP contribution in [0.5, 0.6) is 5.75 Å². The predicted octanol–water partition coefficient (Wildman–Crippen LogP) is 2.17. The van der Waals surface area contributed by atoms with Crippen molar-refractivity contribution in [3.8, 4) is 5.75 Å². The number of hydrogen-bond acceptors (Lipinski definition) is 6. The number of nitrogen functional groups attached to an aromatic ring is 1. The predicted molar refractivity (Wildman–Crippen MR) is 137 cm³/mol. The summed E-state index contributed by atoms with van der Waals surface area (Å²) in [7, 11) is 3.33. The molecule has 0 bridgehead atoms. The summed E-state index contributed by atoms with van der Waals surface area (Å²) in [6.07, 6.45) is 0. The van der Waals surface area contributed by atoms with Crippen LogP contribution in [0.25, 0.3) is 10.9 Å². The maximum atomic E-state index is 13.0. The molecule has 10 heteroatoms. The minimum absolute atomic E-state index is 0.116. The van der Waals surface area contributed by atoms with Crippen molar-refractivity contribution in [2.45, 2.75) is 25.3 Å². The van der Waals surface area contributed by atoms with Crippen LogP contribution in [-0.4, -0.2) is 64.5 Å². The molecule has 1 aromatic heterocycles. The smallest absolute Gasteiger partial charge is 0.242 e. The topological polar surface area (TPSA) is 118 Å². The van der Waals surface area contributed by atoms with Gasteiger partial charge in [0.05, 0.1) is 30.6 Å². The van der Waals surface area contributed by atoms with Crippen molar-refractivity contribution in [3.05, 3.63) is 59.2 Å². The van der Waals surface area contributed by atoms with Crippen molar-refractivity contribution in [3.63, 3.8) is 0 Å². The Bertz CT molecular complexity index is 1260. The third-order valence-corrected chi connectivity index (χ3v) is 7.24. The lowest BCUT2D eigenvalue weighted by Gasteiger charge is -2.20. The minimum atomic E-state index is -1.54. The summed E-state index contributed by atoms with van der Waals surface area (Å²) in [5, 5.41) is 3.55. The number of rotatable bonds is 9. The molecule has 35 heavy (non-hydrogen) atoms. The number of carbonyl (C=O) groups excluding carboxylic acids is 2. The zero-order valence-electron chi connectivity index (χ0n) is 20.6. The highest BCUT2D eigenvalue weighted by molar-refractivity contribution is 7.82. The zero-order chi connectivity index (χ0) is 25.7. The number of amides is 2. The first-order valence-electron chi connectivity index (χ1n) is 11.0. The van der Waals surface area contributed by atoms with Crippen LogP contribution in [0.2, 0.25) is 0 Å². The number of benzene rings is 2. The Labute approximate surface area is 207 Å². The summed E-state index contributed by atoms with van der Waals surface area (Å²) in [6, 6.07) is 13.0. The molecule has 0 saturated carbocycles. The van der Waals surface area contributed by atoms with Gasteiger partial charge in [-0.25, -0.2) is 13.5 Å². The van der Waals surface area contributed by atoms with Crippen LogP contribution in [0, 0.1) is 13.8 Å². The van der Waals surface area contributed by atoms with E-state index >= 15 is 0 Å². The molecule has 1 unspecified atom stereocenters. The van der Waals surface area contributed by atoms with E-state index in [9.17, 15) is 13.8 Å². The van der Waals surface area contributed by atoms with Crippen molar-refractivity contribution in [2.24, 2.45) is 0 Å². The lowest BCUT2D eigenvalue weighted by atomic mass is 10.1. The van der Waals surface area contributed by atoms with Gasteiger partial charge in [0.15, 0.2) is 0 Å². The number of nitrogens with one attached hydrogen (secondary N) is 1. The first kappa shape index (κ1) is 26.1. The first-order valence-corrected chi connectivity index (χ1v) is 12.1. The Morgan fingerprint density at radius 1 is 1.09 bits per heavy atom. The fraction of sp³-hybridized carbons (Fsp3) is 0.320. The molecule has 0 saturated heterocycles. The van der Waals surface area contributed by atoms with Gasteiger partial charge in [0.2, 0.25) is 11.8 Å². The number of hydrogen-bond donors (Lipinski definition) is 2. The van der Waals surface area contributed by atoms with Crippen molar-refractivity contribution in [1.82, 2.24) is 19.5 Å². The molecular weight excluding hydrogens is 466 g/mol. The monoisotopic (exact) mass is 497 g/mol. The van der Waals surface area contributed by atoms with E-state index in [2.05, 4.69) is 10.3 Å². The number of aromatic nitrogens is 1. The maximum Gasteiger partial charge on any atom is 0.242 e. The molecule has 1 atom stereocenters. The molecule has 3 N–H and O–H groups in total. The van der Waals surface area contributed by atoms with Crippen molar-refractivity contribution in [2.75, 3.05) is 40.0 Å². The maximum absolute atomic E-state index is 13.0. The summed E-state index contributed by atoms with van der Waals surface area (Å²) < 4.78 is 19.7. The second-order valence-corrected chi connectivity index (χ2v) is 9.95. The first-order chi connectivity index (χ1) is 16.6. The van der Waals surface area contributed by atoms with E-state index in [1.165, 1.54) is 9.21 Å². The van der Waals surface area contributed by atoms with Gasteiger partial charge in [-0.05, 0) is 66.9 Å². The lowest BCUT2D eigenvalue weighted by molar-refractivity contribution is -0.132. The van der Waals surface area contributed by atoms with Gasteiger partial charge in [0, 0.05) is 26.0 Å². The number of ether oxygens (including phenoxy) is 1. The van der Waals surface area contributed by atoms with E-state index in [1.54, 1.807) is 27.3 Å². The number of nitrogens with two attached hydrogens (primary N) is 1. The van der Waals surface area contributed by atoms with Crippen LogP contribution < -0.4 is 15.8 Å². The van der Waals surface area contributed by atoms with Gasteiger partial charge in [-0.3, -0.25) is 9.59 Å². The highest BCUT2D eigenvalue weighted by Gasteiger charge is 2.20. The minimum Gasteiger partial charge on any atom is -0.497 e. The van der Waals surface area contributed by atoms with Crippen LogP contribution in [0.3, 0.4) is 0 Å². The molecule has 3 aromatic rings. The van der Waals surface area contributed by atoms with Crippen LogP contribution in [-0.2, 0) is 27.1 Å². The Morgan fingerprint density at radius 3 is 2.43 bits per heavy atom. The Balaban J connectivity index is 1.53. The van der Waals surface area contributed by atoms with Gasteiger partial charge in [-0.15, -0.1) is 0 Å². The number of nitrogens with zero attached hydrogens (tertiary/aromatic N) is 3.